The van der Waals surface area contributed by atoms with Crippen LogP contribution in [0.15, 0.2) is 60.7 Å². The number of alkyl halides is 2. The Labute approximate surface area is 171 Å². The van der Waals surface area contributed by atoms with Gasteiger partial charge in [0.2, 0.25) is 5.82 Å². The largest absolute Gasteiger partial charge is 0.491 e. The second kappa shape index (κ2) is 9.07. The van der Waals surface area contributed by atoms with Gasteiger partial charge in [-0.3, -0.25) is 0 Å². The topological polar surface area (TPSA) is 27.7 Å². The lowest BCUT2D eigenvalue weighted by Gasteiger charge is -2.19. The van der Waals surface area contributed by atoms with Crippen molar-refractivity contribution in [2.45, 2.75) is 20.0 Å². The highest BCUT2D eigenvalue weighted by Crippen LogP contribution is 2.32. The molecule has 0 atom stereocenters. The highest BCUT2D eigenvalue weighted by atomic mass is 19.3. The average molecular weight is 420 g/mol. The Morgan fingerprint density at radius 3 is 2.03 bits per heavy atom. The zero-order chi connectivity index (χ0) is 21.7. The van der Waals surface area contributed by atoms with Crippen molar-refractivity contribution in [1.82, 2.24) is 0 Å². The molecule has 0 saturated heterocycles. The summed E-state index contributed by atoms with van der Waals surface area (Å²) < 4.78 is 71.3. The standard InChI is InChI=1S/C23H20F4O3/c1-3-28-20-13-12-19(21(24)22(20)25)16-6-10-18(11-7-16)30-23(26,27)14-29-17-8-4-15(2)5-9-17/h4-13H,3,14H2,1-2H3. The van der Waals surface area contributed by atoms with Crippen molar-refractivity contribution in [2.24, 2.45) is 0 Å². The average Bonchev–Trinajstić information content (AvgIpc) is 2.72. The Bertz CT molecular complexity index is 987. The van der Waals surface area contributed by atoms with Crippen molar-refractivity contribution < 1.29 is 31.8 Å². The molecule has 0 amide bonds. The van der Waals surface area contributed by atoms with Crippen LogP contribution >= 0.6 is 0 Å². The molecular weight excluding hydrogens is 400 g/mol. The number of benzene rings is 3. The van der Waals surface area contributed by atoms with E-state index in [2.05, 4.69) is 0 Å². The van der Waals surface area contributed by atoms with Gasteiger partial charge in [-0.05, 0) is 55.8 Å². The molecule has 0 radical (unpaired) electrons. The monoisotopic (exact) mass is 420 g/mol. The summed E-state index contributed by atoms with van der Waals surface area (Å²) in [5.41, 5.74) is 1.27. The number of hydrogen-bond donors (Lipinski definition) is 0. The van der Waals surface area contributed by atoms with Crippen molar-refractivity contribution in [3.63, 3.8) is 0 Å². The summed E-state index contributed by atoms with van der Waals surface area (Å²) >= 11 is 0. The molecule has 3 rings (SSSR count). The van der Waals surface area contributed by atoms with E-state index in [4.69, 9.17) is 14.2 Å². The first-order valence-corrected chi connectivity index (χ1v) is 9.26. The van der Waals surface area contributed by atoms with Gasteiger partial charge in [-0.1, -0.05) is 29.8 Å². The molecule has 0 spiro atoms. The Hall–Kier alpha value is -3.22. The van der Waals surface area contributed by atoms with Crippen LogP contribution in [0.25, 0.3) is 11.1 Å². The summed E-state index contributed by atoms with van der Waals surface area (Å²) in [6, 6.07) is 14.6. The quantitative estimate of drug-likeness (QED) is 0.395. The van der Waals surface area contributed by atoms with Crippen LogP contribution in [-0.4, -0.2) is 19.3 Å². The van der Waals surface area contributed by atoms with E-state index >= 15 is 0 Å². The number of aryl methyl sites for hydroxylation is 1. The lowest BCUT2D eigenvalue weighted by molar-refractivity contribution is -0.195. The molecule has 0 heterocycles. The zero-order valence-corrected chi connectivity index (χ0v) is 16.4. The number of rotatable bonds is 8. The van der Waals surface area contributed by atoms with Crippen LogP contribution in [0.2, 0.25) is 0 Å². The van der Waals surface area contributed by atoms with E-state index in [1.807, 2.05) is 6.92 Å². The molecule has 0 aliphatic carbocycles. The molecule has 3 aromatic carbocycles. The van der Waals surface area contributed by atoms with Crippen LogP contribution in [0.5, 0.6) is 17.2 Å². The molecule has 3 aromatic rings. The van der Waals surface area contributed by atoms with Gasteiger partial charge in [0.05, 0.1) is 6.61 Å². The molecule has 7 heteroatoms. The summed E-state index contributed by atoms with van der Waals surface area (Å²) in [5, 5.41) is 0. The highest BCUT2D eigenvalue weighted by molar-refractivity contribution is 5.66. The number of ether oxygens (including phenoxy) is 3. The molecule has 3 nitrogen and oxygen atoms in total. The van der Waals surface area contributed by atoms with Gasteiger partial charge in [0, 0.05) is 5.56 Å². The number of halogens is 4. The van der Waals surface area contributed by atoms with Crippen LogP contribution in [0.1, 0.15) is 12.5 Å². The van der Waals surface area contributed by atoms with Crippen LogP contribution in [0.4, 0.5) is 17.6 Å². The van der Waals surface area contributed by atoms with Gasteiger partial charge in [0.1, 0.15) is 11.5 Å². The Kier molecular flexibility index (Phi) is 6.50. The van der Waals surface area contributed by atoms with Crippen molar-refractivity contribution in [3.05, 3.63) is 77.9 Å². The molecular formula is C23H20F4O3. The van der Waals surface area contributed by atoms with Crippen LogP contribution in [-0.2, 0) is 0 Å². The SMILES string of the molecule is CCOc1ccc(-c2ccc(OC(F)(F)COc3ccc(C)cc3)cc2)c(F)c1F. The molecule has 0 unspecified atom stereocenters. The third-order valence-corrected chi connectivity index (χ3v) is 4.21. The Morgan fingerprint density at radius 2 is 1.40 bits per heavy atom. The maximum atomic E-state index is 14.3. The van der Waals surface area contributed by atoms with Crippen molar-refractivity contribution in [3.8, 4) is 28.4 Å². The lowest BCUT2D eigenvalue weighted by Crippen LogP contribution is -2.32. The second-order valence-corrected chi connectivity index (χ2v) is 6.54. The van der Waals surface area contributed by atoms with Crippen LogP contribution in [0, 0.1) is 18.6 Å². The number of hydrogen-bond acceptors (Lipinski definition) is 3. The van der Waals surface area contributed by atoms with Crippen LogP contribution in [0.3, 0.4) is 0 Å². The zero-order valence-electron chi connectivity index (χ0n) is 16.4. The molecule has 0 saturated carbocycles. The molecule has 0 aliphatic heterocycles. The minimum atomic E-state index is -3.58. The summed E-state index contributed by atoms with van der Waals surface area (Å²) in [6.07, 6.45) is -3.58. The molecule has 0 N–H and O–H groups in total. The summed E-state index contributed by atoms with van der Waals surface area (Å²) in [6.45, 7) is 2.75. The smallest absolute Gasteiger partial charge is 0.432 e. The van der Waals surface area contributed by atoms with Gasteiger partial charge in [-0.25, -0.2) is 4.39 Å². The molecule has 158 valence electrons. The summed E-state index contributed by atoms with van der Waals surface area (Å²) in [4.78, 5) is 0. The first-order chi connectivity index (χ1) is 14.3. The van der Waals surface area contributed by atoms with E-state index in [1.54, 1.807) is 31.2 Å². The fourth-order valence-corrected chi connectivity index (χ4v) is 2.73. The van der Waals surface area contributed by atoms with E-state index < -0.39 is 24.3 Å². The molecule has 30 heavy (non-hydrogen) atoms. The first-order valence-electron chi connectivity index (χ1n) is 9.26. The molecule has 0 aromatic heterocycles. The van der Waals surface area contributed by atoms with Gasteiger partial charge in [0.25, 0.3) is 0 Å². The van der Waals surface area contributed by atoms with E-state index in [-0.39, 0.29) is 23.7 Å². The van der Waals surface area contributed by atoms with Crippen molar-refractivity contribution >= 4 is 0 Å². The fourth-order valence-electron chi connectivity index (χ4n) is 2.73. The van der Waals surface area contributed by atoms with Crippen LogP contribution < -0.4 is 14.2 Å². The second-order valence-electron chi connectivity index (χ2n) is 6.54. The van der Waals surface area contributed by atoms with E-state index in [1.165, 1.54) is 36.4 Å². The predicted octanol–water partition coefficient (Wildman–Crippen LogP) is 6.39. The summed E-state index contributed by atoms with van der Waals surface area (Å²) in [7, 11) is 0. The summed E-state index contributed by atoms with van der Waals surface area (Å²) in [5.74, 6) is -2.21. The minimum absolute atomic E-state index is 0.0167. The van der Waals surface area contributed by atoms with Gasteiger partial charge in [0.15, 0.2) is 18.2 Å². The van der Waals surface area contributed by atoms with Gasteiger partial charge >= 0.3 is 6.11 Å². The first kappa shape index (κ1) is 21.5. The minimum Gasteiger partial charge on any atom is -0.491 e. The van der Waals surface area contributed by atoms with Crippen molar-refractivity contribution in [2.75, 3.05) is 13.2 Å². The normalized spacial score (nSPS) is 11.3. The molecule has 0 fully saturated rings. The van der Waals surface area contributed by atoms with Gasteiger partial charge < -0.3 is 14.2 Å². The van der Waals surface area contributed by atoms with Gasteiger partial charge in [-0.2, -0.15) is 13.2 Å². The molecule has 0 bridgehead atoms. The third kappa shape index (κ3) is 5.23. The lowest BCUT2D eigenvalue weighted by atomic mass is 10.0. The Morgan fingerprint density at radius 1 is 0.767 bits per heavy atom. The third-order valence-electron chi connectivity index (χ3n) is 4.21. The maximum Gasteiger partial charge on any atom is 0.432 e. The maximum absolute atomic E-state index is 14.3. The highest BCUT2D eigenvalue weighted by Gasteiger charge is 2.33. The van der Waals surface area contributed by atoms with Crippen molar-refractivity contribution in [1.29, 1.82) is 0 Å². The molecule has 0 aliphatic rings. The predicted molar refractivity (Wildman–Crippen MR) is 105 cm³/mol. The van der Waals surface area contributed by atoms with E-state index in [0.29, 0.717) is 11.3 Å². The Balaban J connectivity index is 1.68. The fraction of sp³-hybridized carbons (Fsp3) is 0.217. The van der Waals surface area contributed by atoms with E-state index in [9.17, 15) is 17.6 Å². The van der Waals surface area contributed by atoms with Gasteiger partial charge in [-0.15, -0.1) is 0 Å². The van der Waals surface area contributed by atoms with E-state index in [0.717, 1.165) is 5.56 Å².